The van der Waals surface area contributed by atoms with Gasteiger partial charge in [0.15, 0.2) is 5.82 Å². The molecule has 0 spiro atoms. The van der Waals surface area contributed by atoms with E-state index in [4.69, 9.17) is 5.73 Å². The molecule has 3 N–H and O–H groups in total. The Kier molecular flexibility index (Phi) is 6.70. The highest BCUT2D eigenvalue weighted by Crippen LogP contribution is 2.31. The van der Waals surface area contributed by atoms with Gasteiger partial charge in [0.25, 0.3) is 0 Å². The maximum Gasteiger partial charge on any atom is 0.180 e. The summed E-state index contributed by atoms with van der Waals surface area (Å²) in [7, 11) is 0. The summed E-state index contributed by atoms with van der Waals surface area (Å²) in [4.78, 5) is 4.61. The smallest absolute Gasteiger partial charge is 0.180 e. The van der Waals surface area contributed by atoms with Gasteiger partial charge in [-0.25, -0.2) is 14.8 Å². The number of rotatable bonds is 9. The van der Waals surface area contributed by atoms with E-state index in [1.807, 2.05) is 22.9 Å². The van der Waals surface area contributed by atoms with Crippen LogP contribution in [0, 0.1) is 5.92 Å². The quantitative estimate of drug-likeness (QED) is 0.414. The van der Waals surface area contributed by atoms with Crippen LogP contribution in [0.1, 0.15) is 50.9 Å². The van der Waals surface area contributed by atoms with E-state index in [1.165, 1.54) is 5.56 Å². The fraction of sp³-hybridized carbons (Fsp3) is 0.375. The third-order valence-corrected chi connectivity index (χ3v) is 6.06. The lowest BCUT2D eigenvalue weighted by Crippen LogP contribution is -2.25. The molecule has 0 saturated carbocycles. The zero-order valence-corrected chi connectivity index (χ0v) is 18.8. The Morgan fingerprint density at radius 3 is 2.44 bits per heavy atom. The van der Waals surface area contributed by atoms with E-state index in [0.717, 1.165) is 35.4 Å². The van der Waals surface area contributed by atoms with Crippen molar-refractivity contribution in [2.24, 2.45) is 11.7 Å². The van der Waals surface area contributed by atoms with Crippen LogP contribution in [-0.2, 0) is 6.54 Å². The van der Waals surface area contributed by atoms with Crippen LogP contribution in [0.4, 0.5) is 0 Å². The number of tetrazole rings is 1. The van der Waals surface area contributed by atoms with Gasteiger partial charge in [0, 0.05) is 17.5 Å². The zero-order valence-electron chi connectivity index (χ0n) is 18.8. The molecule has 0 aliphatic rings. The van der Waals surface area contributed by atoms with Gasteiger partial charge in [0.1, 0.15) is 12.2 Å². The lowest BCUT2D eigenvalue weighted by molar-refractivity contribution is 0.371. The van der Waals surface area contributed by atoms with E-state index < -0.39 is 0 Å². The molecule has 0 fully saturated rings. The first kappa shape index (κ1) is 21.8. The molecule has 4 aromatic rings. The minimum Gasteiger partial charge on any atom is -0.328 e. The average Bonchev–Trinajstić information content (AvgIpc) is 3.50. The maximum atomic E-state index is 6.14. The van der Waals surface area contributed by atoms with Crippen molar-refractivity contribution < 1.29 is 0 Å². The topological polar surface area (TPSA) is 111 Å². The highest BCUT2D eigenvalue weighted by atomic mass is 15.5. The standard InChI is InChI=1S/C24H30N8/c1-4-16(2)22(13-17(3)25)24-26-15-27-32(24)14-18-9-11-19(12-10-18)20-7-5-6-8-21(20)23-28-30-31-29-23/h5-12,15-17,22H,4,13-14,25H2,1-3H3,(H,28,29,30,31). The second kappa shape index (κ2) is 9.82. The lowest BCUT2D eigenvalue weighted by Gasteiger charge is -2.24. The van der Waals surface area contributed by atoms with E-state index in [9.17, 15) is 0 Å². The second-order valence-electron chi connectivity index (χ2n) is 8.47. The summed E-state index contributed by atoms with van der Waals surface area (Å²) in [5.74, 6) is 2.46. The number of hydrogen-bond acceptors (Lipinski definition) is 6. The fourth-order valence-corrected chi connectivity index (χ4v) is 4.14. The largest absolute Gasteiger partial charge is 0.328 e. The fourth-order valence-electron chi connectivity index (χ4n) is 4.14. The SMILES string of the molecule is CCC(C)C(CC(C)N)c1ncnn1Cc1ccc(-c2ccccc2-c2nnn[nH]2)cc1. The van der Waals surface area contributed by atoms with Gasteiger partial charge in [0.05, 0.1) is 6.54 Å². The van der Waals surface area contributed by atoms with Crippen LogP contribution in [0.15, 0.2) is 54.9 Å². The number of nitrogens with zero attached hydrogens (tertiary/aromatic N) is 6. The molecule has 0 saturated heterocycles. The van der Waals surface area contributed by atoms with Crippen molar-refractivity contribution in [1.82, 2.24) is 35.4 Å². The molecule has 3 unspecified atom stereocenters. The predicted octanol–water partition coefficient (Wildman–Crippen LogP) is 4.04. The highest BCUT2D eigenvalue weighted by molar-refractivity contribution is 5.80. The van der Waals surface area contributed by atoms with Crippen molar-refractivity contribution in [2.45, 2.75) is 52.1 Å². The first-order valence-corrected chi connectivity index (χ1v) is 11.1. The average molecular weight is 431 g/mol. The van der Waals surface area contributed by atoms with Crippen LogP contribution in [0.25, 0.3) is 22.5 Å². The summed E-state index contributed by atoms with van der Waals surface area (Å²) >= 11 is 0. The highest BCUT2D eigenvalue weighted by Gasteiger charge is 2.24. The summed E-state index contributed by atoms with van der Waals surface area (Å²) in [6, 6.07) is 16.8. The monoisotopic (exact) mass is 430 g/mol. The van der Waals surface area contributed by atoms with E-state index in [1.54, 1.807) is 6.33 Å². The van der Waals surface area contributed by atoms with Crippen LogP contribution < -0.4 is 5.73 Å². The van der Waals surface area contributed by atoms with Crippen LogP contribution in [0.3, 0.4) is 0 Å². The first-order chi connectivity index (χ1) is 15.6. The van der Waals surface area contributed by atoms with Crippen molar-refractivity contribution in [3.8, 4) is 22.5 Å². The summed E-state index contributed by atoms with van der Waals surface area (Å²) in [5, 5.41) is 18.8. The summed E-state index contributed by atoms with van der Waals surface area (Å²) < 4.78 is 2.02. The molecule has 2 aromatic carbocycles. The second-order valence-corrected chi connectivity index (χ2v) is 8.47. The number of nitrogens with two attached hydrogens (primary N) is 1. The maximum absolute atomic E-state index is 6.14. The van der Waals surface area contributed by atoms with E-state index in [-0.39, 0.29) is 6.04 Å². The minimum absolute atomic E-state index is 0.123. The number of H-pyrrole nitrogens is 1. The molecule has 2 heterocycles. The van der Waals surface area contributed by atoms with Crippen LogP contribution in [0.2, 0.25) is 0 Å². The molecule has 8 nitrogen and oxygen atoms in total. The van der Waals surface area contributed by atoms with Gasteiger partial charge in [-0.3, -0.25) is 0 Å². The zero-order chi connectivity index (χ0) is 22.5. The van der Waals surface area contributed by atoms with Gasteiger partial charge in [-0.2, -0.15) is 5.10 Å². The Labute approximate surface area is 188 Å². The van der Waals surface area contributed by atoms with Crippen molar-refractivity contribution in [3.05, 3.63) is 66.2 Å². The normalized spacial score (nSPS) is 14.2. The molecule has 2 aromatic heterocycles. The Morgan fingerprint density at radius 1 is 1.03 bits per heavy atom. The van der Waals surface area contributed by atoms with Crippen LogP contribution in [0.5, 0.6) is 0 Å². The van der Waals surface area contributed by atoms with Gasteiger partial charge in [-0.1, -0.05) is 68.8 Å². The molecule has 0 aliphatic carbocycles. The first-order valence-electron chi connectivity index (χ1n) is 11.1. The number of hydrogen-bond donors (Lipinski definition) is 2. The number of aromatic nitrogens is 7. The van der Waals surface area contributed by atoms with Gasteiger partial charge in [-0.15, -0.1) is 5.10 Å². The number of aromatic amines is 1. The third kappa shape index (κ3) is 4.75. The molecule has 0 aliphatic heterocycles. The van der Waals surface area contributed by atoms with Crippen molar-refractivity contribution in [2.75, 3.05) is 0 Å². The van der Waals surface area contributed by atoms with Gasteiger partial charge in [-0.05, 0) is 46.4 Å². The molecule has 0 amide bonds. The molecule has 0 bridgehead atoms. The van der Waals surface area contributed by atoms with E-state index in [2.05, 4.69) is 81.8 Å². The number of nitrogens with one attached hydrogen (secondary N) is 1. The lowest BCUT2D eigenvalue weighted by atomic mass is 9.86. The van der Waals surface area contributed by atoms with Crippen LogP contribution >= 0.6 is 0 Å². The Balaban J connectivity index is 1.57. The molecule has 0 radical (unpaired) electrons. The number of benzene rings is 2. The van der Waals surface area contributed by atoms with Gasteiger partial charge < -0.3 is 5.73 Å². The minimum atomic E-state index is 0.123. The predicted molar refractivity (Wildman–Crippen MR) is 125 cm³/mol. The molecule has 3 atom stereocenters. The van der Waals surface area contributed by atoms with Gasteiger partial charge >= 0.3 is 0 Å². The van der Waals surface area contributed by atoms with E-state index >= 15 is 0 Å². The van der Waals surface area contributed by atoms with Gasteiger partial charge in [0.2, 0.25) is 0 Å². The summed E-state index contributed by atoms with van der Waals surface area (Å²) in [5.41, 5.74) is 10.5. The summed E-state index contributed by atoms with van der Waals surface area (Å²) in [6.07, 6.45) is 3.64. The van der Waals surface area contributed by atoms with E-state index in [0.29, 0.717) is 24.2 Å². The van der Waals surface area contributed by atoms with Crippen molar-refractivity contribution >= 4 is 0 Å². The van der Waals surface area contributed by atoms with Crippen molar-refractivity contribution in [3.63, 3.8) is 0 Å². The third-order valence-electron chi connectivity index (χ3n) is 6.06. The Morgan fingerprint density at radius 2 is 1.78 bits per heavy atom. The molecular weight excluding hydrogens is 400 g/mol. The Bertz CT molecular complexity index is 1120. The molecule has 32 heavy (non-hydrogen) atoms. The molecular formula is C24H30N8. The molecule has 166 valence electrons. The Hall–Kier alpha value is -3.39. The van der Waals surface area contributed by atoms with Crippen molar-refractivity contribution in [1.29, 1.82) is 0 Å². The summed E-state index contributed by atoms with van der Waals surface area (Å²) in [6.45, 7) is 7.21. The molecule has 8 heteroatoms. The molecule has 4 rings (SSSR count). The van der Waals surface area contributed by atoms with Crippen LogP contribution in [-0.4, -0.2) is 41.4 Å².